The van der Waals surface area contributed by atoms with Crippen molar-refractivity contribution in [2.24, 2.45) is 5.92 Å². The van der Waals surface area contributed by atoms with Gasteiger partial charge in [-0.05, 0) is 49.1 Å². The van der Waals surface area contributed by atoms with Gasteiger partial charge in [0, 0.05) is 4.83 Å². The lowest BCUT2D eigenvalue weighted by Crippen LogP contribution is -2.02. The SMILES string of the molecule is CCc1ccc(CCC(Br)C2CC2)cc1. The molecule has 1 aliphatic carbocycles. The smallest absolute Gasteiger partial charge is 0.0177 e. The Kier molecular flexibility index (Phi) is 3.85. The second-order valence-corrected chi connectivity index (χ2v) is 5.74. The van der Waals surface area contributed by atoms with Crippen LogP contribution in [0.4, 0.5) is 0 Å². The Bertz CT molecular complexity index is 298. The van der Waals surface area contributed by atoms with E-state index in [1.165, 1.54) is 36.8 Å². The van der Waals surface area contributed by atoms with Crippen molar-refractivity contribution in [1.82, 2.24) is 0 Å². The van der Waals surface area contributed by atoms with Crippen LogP contribution in [0.3, 0.4) is 0 Å². The Morgan fingerprint density at radius 1 is 1.20 bits per heavy atom. The van der Waals surface area contributed by atoms with Gasteiger partial charge >= 0.3 is 0 Å². The molecule has 0 heterocycles. The molecule has 1 aromatic rings. The lowest BCUT2D eigenvalue weighted by Gasteiger charge is -2.08. The molecule has 1 atom stereocenters. The van der Waals surface area contributed by atoms with E-state index in [4.69, 9.17) is 0 Å². The summed E-state index contributed by atoms with van der Waals surface area (Å²) in [6.45, 7) is 2.20. The fraction of sp³-hybridized carbons (Fsp3) is 0.571. The van der Waals surface area contributed by atoms with Gasteiger partial charge in [0.15, 0.2) is 0 Å². The third kappa shape index (κ3) is 3.34. The largest absolute Gasteiger partial charge is 0.0888 e. The van der Waals surface area contributed by atoms with Crippen molar-refractivity contribution in [3.8, 4) is 0 Å². The Labute approximate surface area is 101 Å². The van der Waals surface area contributed by atoms with Crippen molar-refractivity contribution in [1.29, 1.82) is 0 Å². The second kappa shape index (κ2) is 5.16. The van der Waals surface area contributed by atoms with Crippen molar-refractivity contribution in [3.63, 3.8) is 0 Å². The van der Waals surface area contributed by atoms with Crippen molar-refractivity contribution in [2.75, 3.05) is 0 Å². The van der Waals surface area contributed by atoms with E-state index in [0.29, 0.717) is 0 Å². The maximum absolute atomic E-state index is 3.79. The minimum Gasteiger partial charge on any atom is -0.0888 e. The van der Waals surface area contributed by atoms with Crippen molar-refractivity contribution in [2.45, 2.75) is 43.9 Å². The third-order valence-electron chi connectivity index (χ3n) is 3.27. The van der Waals surface area contributed by atoms with Gasteiger partial charge in [-0.2, -0.15) is 0 Å². The molecule has 82 valence electrons. The van der Waals surface area contributed by atoms with Gasteiger partial charge in [-0.25, -0.2) is 0 Å². The van der Waals surface area contributed by atoms with Crippen LogP contribution in [-0.4, -0.2) is 4.83 Å². The van der Waals surface area contributed by atoms with Gasteiger partial charge in [-0.15, -0.1) is 0 Å². The van der Waals surface area contributed by atoms with Crippen LogP contribution in [0.5, 0.6) is 0 Å². The molecule has 0 N–H and O–H groups in total. The summed E-state index contributed by atoms with van der Waals surface area (Å²) in [5.41, 5.74) is 2.92. The van der Waals surface area contributed by atoms with E-state index in [9.17, 15) is 0 Å². The van der Waals surface area contributed by atoms with Gasteiger partial charge in [0.2, 0.25) is 0 Å². The van der Waals surface area contributed by atoms with Crippen LogP contribution in [0, 0.1) is 5.92 Å². The molecule has 0 aromatic heterocycles. The molecule has 0 radical (unpaired) electrons. The van der Waals surface area contributed by atoms with Crippen LogP contribution in [0.15, 0.2) is 24.3 Å². The Morgan fingerprint density at radius 3 is 2.33 bits per heavy atom. The summed E-state index contributed by atoms with van der Waals surface area (Å²) in [5, 5.41) is 0. The molecule has 0 saturated heterocycles. The average Bonchev–Trinajstić information content (AvgIpc) is 3.10. The minimum atomic E-state index is 0.753. The number of aryl methyl sites for hydroxylation is 2. The summed E-state index contributed by atoms with van der Waals surface area (Å²) >= 11 is 3.79. The maximum atomic E-state index is 3.79. The molecule has 0 nitrogen and oxygen atoms in total. The Hall–Kier alpha value is -0.300. The monoisotopic (exact) mass is 266 g/mol. The molecule has 0 spiro atoms. The molecular weight excluding hydrogens is 248 g/mol. The maximum Gasteiger partial charge on any atom is 0.0177 e. The molecule has 1 aromatic carbocycles. The lowest BCUT2D eigenvalue weighted by atomic mass is 10.0. The molecule has 0 aliphatic heterocycles. The predicted molar refractivity (Wildman–Crippen MR) is 69.6 cm³/mol. The fourth-order valence-corrected chi connectivity index (χ4v) is 2.70. The van der Waals surface area contributed by atoms with E-state index < -0.39 is 0 Å². The van der Waals surface area contributed by atoms with E-state index in [2.05, 4.69) is 47.1 Å². The quantitative estimate of drug-likeness (QED) is 0.695. The van der Waals surface area contributed by atoms with Crippen LogP contribution in [0.25, 0.3) is 0 Å². The fourth-order valence-electron chi connectivity index (χ4n) is 1.94. The van der Waals surface area contributed by atoms with E-state index in [0.717, 1.165) is 17.2 Å². The zero-order valence-electron chi connectivity index (χ0n) is 9.38. The molecule has 0 amide bonds. The minimum absolute atomic E-state index is 0.753. The first-order valence-electron chi connectivity index (χ1n) is 6.01. The van der Waals surface area contributed by atoms with E-state index in [1.54, 1.807) is 0 Å². The predicted octanol–water partition coefficient (Wildman–Crippen LogP) is 4.36. The molecule has 1 fully saturated rings. The molecule has 1 heteroatoms. The van der Waals surface area contributed by atoms with Crippen LogP contribution in [-0.2, 0) is 12.8 Å². The zero-order chi connectivity index (χ0) is 10.7. The molecule has 1 aliphatic rings. The van der Waals surface area contributed by atoms with Gasteiger partial charge < -0.3 is 0 Å². The summed E-state index contributed by atoms with van der Waals surface area (Å²) in [4.78, 5) is 0.753. The highest BCUT2D eigenvalue weighted by Crippen LogP contribution is 2.38. The van der Waals surface area contributed by atoms with Gasteiger partial charge in [0.25, 0.3) is 0 Å². The number of hydrogen-bond acceptors (Lipinski definition) is 0. The number of alkyl halides is 1. The first-order chi connectivity index (χ1) is 7.29. The highest BCUT2D eigenvalue weighted by molar-refractivity contribution is 9.09. The van der Waals surface area contributed by atoms with Crippen molar-refractivity contribution >= 4 is 15.9 Å². The van der Waals surface area contributed by atoms with E-state index in [-0.39, 0.29) is 0 Å². The van der Waals surface area contributed by atoms with Gasteiger partial charge in [-0.3, -0.25) is 0 Å². The summed E-state index contributed by atoms with van der Waals surface area (Å²) < 4.78 is 0. The molecule has 15 heavy (non-hydrogen) atoms. The molecule has 0 bridgehead atoms. The topological polar surface area (TPSA) is 0 Å². The second-order valence-electron chi connectivity index (χ2n) is 4.56. The molecule has 1 saturated carbocycles. The zero-order valence-corrected chi connectivity index (χ0v) is 11.0. The van der Waals surface area contributed by atoms with Gasteiger partial charge in [-0.1, -0.05) is 47.1 Å². The normalized spacial score (nSPS) is 17.7. The average molecular weight is 267 g/mol. The standard InChI is InChI=1S/C14H19Br/c1-2-11-3-5-12(6-4-11)7-10-14(15)13-8-9-13/h3-6,13-14H,2,7-10H2,1H3. The summed E-state index contributed by atoms with van der Waals surface area (Å²) in [6, 6.07) is 9.09. The van der Waals surface area contributed by atoms with Crippen LogP contribution in [0.1, 0.15) is 37.3 Å². The first kappa shape index (κ1) is 11.2. The van der Waals surface area contributed by atoms with Gasteiger partial charge in [0.05, 0.1) is 0 Å². The number of hydrogen-bond donors (Lipinski definition) is 0. The van der Waals surface area contributed by atoms with Gasteiger partial charge in [0.1, 0.15) is 0 Å². The molecular formula is C14H19Br. The Morgan fingerprint density at radius 2 is 1.80 bits per heavy atom. The Balaban J connectivity index is 1.81. The first-order valence-corrected chi connectivity index (χ1v) is 6.93. The summed E-state index contributed by atoms with van der Waals surface area (Å²) in [6.07, 6.45) is 6.52. The highest BCUT2D eigenvalue weighted by atomic mass is 79.9. The van der Waals surface area contributed by atoms with Crippen molar-refractivity contribution < 1.29 is 0 Å². The molecule has 1 unspecified atom stereocenters. The summed E-state index contributed by atoms with van der Waals surface area (Å²) in [5.74, 6) is 0.972. The van der Waals surface area contributed by atoms with E-state index in [1.807, 2.05) is 0 Å². The van der Waals surface area contributed by atoms with Crippen molar-refractivity contribution in [3.05, 3.63) is 35.4 Å². The number of halogens is 1. The summed E-state index contributed by atoms with van der Waals surface area (Å²) in [7, 11) is 0. The third-order valence-corrected chi connectivity index (χ3v) is 4.48. The van der Waals surface area contributed by atoms with Crippen LogP contribution >= 0.6 is 15.9 Å². The molecule has 2 rings (SSSR count). The number of benzene rings is 1. The van der Waals surface area contributed by atoms with E-state index >= 15 is 0 Å². The number of rotatable bonds is 5. The van der Waals surface area contributed by atoms with Crippen LogP contribution < -0.4 is 0 Å². The lowest BCUT2D eigenvalue weighted by molar-refractivity contribution is 0.696. The highest BCUT2D eigenvalue weighted by Gasteiger charge is 2.28. The van der Waals surface area contributed by atoms with Crippen LogP contribution in [0.2, 0.25) is 0 Å².